The van der Waals surface area contributed by atoms with E-state index < -0.39 is 21.6 Å². The molecule has 6 nitrogen and oxygen atoms in total. The number of carbonyl (C=O) groups is 1. The fourth-order valence-corrected chi connectivity index (χ4v) is 4.63. The topological polar surface area (TPSA) is 77.9 Å². The van der Waals surface area contributed by atoms with Crippen LogP contribution in [0.3, 0.4) is 0 Å². The van der Waals surface area contributed by atoms with Gasteiger partial charge in [0.25, 0.3) is 0 Å². The normalized spacial score (nSPS) is 18.9. The first kappa shape index (κ1) is 20.9. The molecule has 0 amide bonds. The maximum atomic E-state index is 11.9. The van der Waals surface area contributed by atoms with Gasteiger partial charge >= 0.3 is 5.97 Å². The Hall–Kier alpha value is -1.44. The number of piperidine rings is 1. The molecule has 0 aliphatic carbocycles. The summed E-state index contributed by atoms with van der Waals surface area (Å²) in [6.45, 7) is 6.23. The molecule has 146 valence electrons. The summed E-state index contributed by atoms with van der Waals surface area (Å²) in [4.78, 5) is 15.4. The van der Waals surface area contributed by atoms with Gasteiger partial charge in [0.15, 0.2) is 9.84 Å². The minimum absolute atomic E-state index is 0.0888. The predicted molar refractivity (Wildman–Crippen MR) is 103 cm³/mol. The number of benzene rings is 1. The molecule has 1 saturated heterocycles. The molecule has 0 saturated carbocycles. The third-order valence-corrected chi connectivity index (χ3v) is 6.28. The molecular weight excluding hydrogens is 352 g/mol. The van der Waals surface area contributed by atoms with E-state index in [1.54, 1.807) is 0 Å². The van der Waals surface area contributed by atoms with Crippen LogP contribution in [0.2, 0.25) is 0 Å². The van der Waals surface area contributed by atoms with Crippen molar-refractivity contribution in [3.63, 3.8) is 0 Å². The molecule has 0 bridgehead atoms. The van der Waals surface area contributed by atoms with E-state index in [1.807, 2.05) is 18.2 Å². The Morgan fingerprint density at radius 2 is 2.00 bits per heavy atom. The minimum atomic E-state index is -3.55. The van der Waals surface area contributed by atoms with Crippen LogP contribution in [-0.4, -0.2) is 73.0 Å². The van der Waals surface area contributed by atoms with Crippen LogP contribution in [0, 0.1) is 0 Å². The Kier molecular flexibility index (Phi) is 8.06. The van der Waals surface area contributed by atoms with Crippen LogP contribution >= 0.6 is 0 Å². The maximum absolute atomic E-state index is 11.9. The molecule has 0 radical (unpaired) electrons. The van der Waals surface area contributed by atoms with E-state index in [2.05, 4.69) is 28.9 Å². The summed E-state index contributed by atoms with van der Waals surface area (Å²) in [5.41, 5.74) is 1.29. The number of aliphatic carboxylic acids is 1. The van der Waals surface area contributed by atoms with E-state index in [0.717, 1.165) is 45.4 Å². The van der Waals surface area contributed by atoms with Crippen molar-refractivity contribution in [3.8, 4) is 0 Å². The average molecular weight is 383 g/mol. The fourth-order valence-electron chi connectivity index (χ4n) is 3.60. The van der Waals surface area contributed by atoms with Crippen LogP contribution in [0.5, 0.6) is 0 Å². The molecule has 1 aliphatic rings. The van der Waals surface area contributed by atoms with Gasteiger partial charge in [-0.15, -0.1) is 0 Å². The lowest BCUT2D eigenvalue weighted by molar-refractivity contribution is -0.134. The highest BCUT2D eigenvalue weighted by molar-refractivity contribution is 7.92. The number of hydrogen-bond acceptors (Lipinski definition) is 5. The number of hydrogen-bond donors (Lipinski definition) is 1. The second kappa shape index (κ2) is 10.0. The lowest BCUT2D eigenvalue weighted by Gasteiger charge is -2.39. The van der Waals surface area contributed by atoms with E-state index in [1.165, 1.54) is 5.56 Å². The third-order valence-electron chi connectivity index (χ3n) is 4.79. The zero-order chi connectivity index (χ0) is 19.0. The number of carboxylic acids is 1. The van der Waals surface area contributed by atoms with Gasteiger partial charge in [0.1, 0.15) is 5.75 Å². The van der Waals surface area contributed by atoms with Gasteiger partial charge in [-0.05, 0) is 37.9 Å². The Balaban J connectivity index is 1.94. The molecule has 1 fully saturated rings. The summed E-state index contributed by atoms with van der Waals surface area (Å²) >= 11 is 0. The van der Waals surface area contributed by atoms with Crippen LogP contribution < -0.4 is 0 Å². The number of likely N-dealkylation sites (tertiary alicyclic amines) is 1. The van der Waals surface area contributed by atoms with Crippen LogP contribution in [0.4, 0.5) is 0 Å². The zero-order valence-corrected chi connectivity index (χ0v) is 16.3. The van der Waals surface area contributed by atoms with E-state index >= 15 is 0 Å². The Morgan fingerprint density at radius 1 is 1.27 bits per heavy atom. The van der Waals surface area contributed by atoms with Crippen LogP contribution in [-0.2, 0) is 21.2 Å². The fraction of sp³-hybridized carbons (Fsp3) is 0.632. The molecule has 1 unspecified atom stereocenters. The largest absolute Gasteiger partial charge is 0.480 e. The third kappa shape index (κ3) is 7.05. The first-order valence-corrected chi connectivity index (χ1v) is 11.1. The van der Waals surface area contributed by atoms with Gasteiger partial charge in [0.2, 0.25) is 0 Å². The van der Waals surface area contributed by atoms with Crippen molar-refractivity contribution in [3.05, 3.63) is 35.9 Å². The highest BCUT2D eigenvalue weighted by Gasteiger charge is 2.26. The highest BCUT2D eigenvalue weighted by atomic mass is 32.2. The Labute approximate surface area is 156 Å². The van der Waals surface area contributed by atoms with Gasteiger partial charge < -0.3 is 5.11 Å². The molecule has 26 heavy (non-hydrogen) atoms. The zero-order valence-electron chi connectivity index (χ0n) is 15.5. The summed E-state index contributed by atoms with van der Waals surface area (Å²) in [5.74, 6) is -2.15. The molecule has 1 aromatic carbocycles. The SMILES string of the molecule is CCCN(CCS(=O)(=O)CC(=O)O)C1CCCN(Cc2ccccc2)C1. The second-order valence-electron chi connectivity index (χ2n) is 7.04. The molecule has 1 heterocycles. The predicted octanol–water partition coefficient (Wildman–Crippen LogP) is 1.86. The number of rotatable bonds is 10. The standard InChI is InChI=1S/C19H30N2O4S/c1-2-10-21(12-13-26(24,25)16-19(22)23)18-9-6-11-20(15-18)14-17-7-4-3-5-8-17/h3-5,7-8,18H,2,6,9-16H2,1H3,(H,22,23). The monoisotopic (exact) mass is 382 g/mol. The van der Waals surface area contributed by atoms with Crippen molar-refractivity contribution in [1.82, 2.24) is 9.80 Å². The summed E-state index contributed by atoms with van der Waals surface area (Å²) < 4.78 is 23.8. The lowest BCUT2D eigenvalue weighted by atomic mass is 10.0. The van der Waals surface area contributed by atoms with Crippen molar-refractivity contribution < 1.29 is 18.3 Å². The first-order chi connectivity index (χ1) is 12.4. The van der Waals surface area contributed by atoms with E-state index in [4.69, 9.17) is 5.11 Å². The lowest BCUT2D eigenvalue weighted by Crippen LogP contribution is -2.49. The van der Waals surface area contributed by atoms with E-state index in [-0.39, 0.29) is 5.75 Å². The second-order valence-corrected chi connectivity index (χ2v) is 9.22. The smallest absolute Gasteiger partial charge is 0.318 e. The van der Waals surface area contributed by atoms with Gasteiger partial charge in [-0.2, -0.15) is 0 Å². The number of nitrogens with zero attached hydrogens (tertiary/aromatic N) is 2. The van der Waals surface area contributed by atoms with Crippen LogP contribution in [0.15, 0.2) is 30.3 Å². The molecule has 0 aromatic heterocycles. The molecule has 1 aliphatic heterocycles. The molecule has 1 aromatic rings. The molecule has 1 atom stereocenters. The van der Waals surface area contributed by atoms with Crippen LogP contribution in [0.1, 0.15) is 31.7 Å². The van der Waals surface area contributed by atoms with Crippen molar-refractivity contribution in [2.24, 2.45) is 0 Å². The van der Waals surface area contributed by atoms with Crippen molar-refractivity contribution >= 4 is 15.8 Å². The molecule has 2 rings (SSSR count). The van der Waals surface area contributed by atoms with Crippen molar-refractivity contribution in [2.75, 3.05) is 37.7 Å². The molecule has 1 N–H and O–H groups in total. The summed E-state index contributed by atoms with van der Waals surface area (Å²) in [5, 5.41) is 8.74. The van der Waals surface area contributed by atoms with Gasteiger partial charge in [-0.25, -0.2) is 8.42 Å². The first-order valence-electron chi connectivity index (χ1n) is 9.32. The van der Waals surface area contributed by atoms with Gasteiger partial charge in [-0.1, -0.05) is 37.3 Å². The van der Waals surface area contributed by atoms with Gasteiger partial charge in [-0.3, -0.25) is 14.6 Å². The summed E-state index contributed by atoms with van der Waals surface area (Å²) in [6.07, 6.45) is 3.11. The van der Waals surface area contributed by atoms with Gasteiger partial charge in [0, 0.05) is 25.7 Å². The highest BCUT2D eigenvalue weighted by Crippen LogP contribution is 2.18. The molecule has 0 spiro atoms. The summed E-state index contributed by atoms with van der Waals surface area (Å²) in [6, 6.07) is 10.7. The minimum Gasteiger partial charge on any atom is -0.480 e. The Morgan fingerprint density at radius 3 is 2.65 bits per heavy atom. The quantitative estimate of drug-likeness (QED) is 0.666. The number of sulfone groups is 1. The van der Waals surface area contributed by atoms with E-state index in [0.29, 0.717) is 12.6 Å². The van der Waals surface area contributed by atoms with Gasteiger partial charge in [0.05, 0.1) is 5.75 Å². The van der Waals surface area contributed by atoms with Crippen LogP contribution in [0.25, 0.3) is 0 Å². The Bertz CT molecular complexity index is 663. The summed E-state index contributed by atoms with van der Waals surface area (Å²) in [7, 11) is -3.55. The van der Waals surface area contributed by atoms with Crippen molar-refractivity contribution in [2.45, 2.75) is 38.8 Å². The molecule has 7 heteroatoms. The number of carboxylic acid groups (broad SMARTS) is 1. The molecular formula is C19H30N2O4S. The van der Waals surface area contributed by atoms with E-state index in [9.17, 15) is 13.2 Å². The van der Waals surface area contributed by atoms with Crippen molar-refractivity contribution in [1.29, 1.82) is 0 Å². The average Bonchev–Trinajstić information content (AvgIpc) is 2.58. The maximum Gasteiger partial charge on any atom is 0.318 e.